The lowest BCUT2D eigenvalue weighted by Crippen LogP contribution is -2.44. The van der Waals surface area contributed by atoms with Gasteiger partial charge in [0.15, 0.2) is 5.82 Å². The first-order valence-electron chi connectivity index (χ1n) is 9.21. The van der Waals surface area contributed by atoms with Crippen LogP contribution in [0, 0.1) is 0 Å². The molecule has 6 heteroatoms. The number of rotatable bonds is 5. The summed E-state index contributed by atoms with van der Waals surface area (Å²) in [7, 11) is 0. The van der Waals surface area contributed by atoms with Crippen molar-refractivity contribution in [1.29, 1.82) is 0 Å². The van der Waals surface area contributed by atoms with E-state index < -0.39 is 0 Å². The third-order valence-electron chi connectivity index (χ3n) is 5.21. The molecule has 2 fully saturated rings. The number of carbonyl (C=O) groups is 1. The molecule has 1 saturated carbocycles. The van der Waals surface area contributed by atoms with E-state index in [-0.39, 0.29) is 18.6 Å². The van der Waals surface area contributed by atoms with Gasteiger partial charge in [-0.15, -0.1) is 0 Å². The van der Waals surface area contributed by atoms with Crippen LogP contribution in [-0.4, -0.2) is 50.3 Å². The van der Waals surface area contributed by atoms with Gasteiger partial charge in [-0.3, -0.25) is 9.89 Å². The predicted molar refractivity (Wildman–Crippen MR) is 94.2 cm³/mol. The largest absolute Gasteiger partial charge is 0.396 e. The summed E-state index contributed by atoms with van der Waals surface area (Å²) >= 11 is 0. The number of piperidine rings is 1. The average molecular weight is 340 g/mol. The van der Waals surface area contributed by atoms with E-state index in [4.69, 9.17) is 0 Å². The second kappa shape index (κ2) is 6.96. The van der Waals surface area contributed by atoms with Gasteiger partial charge in [-0.1, -0.05) is 12.1 Å². The van der Waals surface area contributed by atoms with E-state index in [1.165, 1.54) is 12.8 Å². The third-order valence-corrected chi connectivity index (χ3v) is 5.21. The number of aromatic nitrogens is 3. The lowest BCUT2D eigenvalue weighted by Gasteiger charge is -2.35. The summed E-state index contributed by atoms with van der Waals surface area (Å²) in [6.45, 7) is 0.901. The van der Waals surface area contributed by atoms with Gasteiger partial charge >= 0.3 is 0 Å². The Morgan fingerprint density at radius 1 is 1.20 bits per heavy atom. The van der Waals surface area contributed by atoms with Crippen molar-refractivity contribution in [3.63, 3.8) is 0 Å². The Bertz CT molecular complexity index is 734. The normalized spacial score (nSPS) is 20.7. The van der Waals surface area contributed by atoms with Crippen molar-refractivity contribution in [2.24, 2.45) is 0 Å². The highest BCUT2D eigenvalue weighted by Gasteiger charge is 2.28. The zero-order valence-electron chi connectivity index (χ0n) is 14.3. The number of hydrogen-bond donors (Lipinski definition) is 2. The molecule has 2 aliphatic rings. The number of carbonyl (C=O) groups excluding carboxylic acids is 1. The van der Waals surface area contributed by atoms with Gasteiger partial charge in [0.25, 0.3) is 5.91 Å². The first-order chi connectivity index (χ1) is 12.3. The Labute approximate surface area is 147 Å². The van der Waals surface area contributed by atoms with Gasteiger partial charge in [-0.25, -0.2) is 4.98 Å². The van der Waals surface area contributed by atoms with E-state index in [9.17, 15) is 9.90 Å². The van der Waals surface area contributed by atoms with Gasteiger partial charge in [0.1, 0.15) is 5.82 Å². The summed E-state index contributed by atoms with van der Waals surface area (Å²) in [6.07, 6.45) is 6.17. The van der Waals surface area contributed by atoms with Gasteiger partial charge in [0.2, 0.25) is 0 Å². The average Bonchev–Trinajstić information content (AvgIpc) is 3.39. The van der Waals surface area contributed by atoms with Crippen LogP contribution in [0.2, 0.25) is 0 Å². The van der Waals surface area contributed by atoms with Gasteiger partial charge in [-0.05, 0) is 50.7 Å². The van der Waals surface area contributed by atoms with E-state index in [2.05, 4.69) is 15.2 Å². The topological polar surface area (TPSA) is 82.1 Å². The molecule has 1 aliphatic carbocycles. The minimum Gasteiger partial charge on any atom is -0.396 e. The van der Waals surface area contributed by atoms with Crippen LogP contribution in [0.15, 0.2) is 24.3 Å². The molecule has 2 aromatic rings. The van der Waals surface area contributed by atoms with Crippen LogP contribution in [0.4, 0.5) is 0 Å². The molecule has 0 bridgehead atoms. The second-order valence-electron chi connectivity index (χ2n) is 7.06. The highest BCUT2D eigenvalue weighted by atomic mass is 16.3. The molecule has 0 spiro atoms. The van der Waals surface area contributed by atoms with Crippen LogP contribution in [-0.2, 0) is 0 Å². The molecule has 6 nitrogen and oxygen atoms in total. The van der Waals surface area contributed by atoms with Crippen molar-refractivity contribution in [3.05, 3.63) is 35.7 Å². The summed E-state index contributed by atoms with van der Waals surface area (Å²) < 4.78 is 0. The molecule has 1 atom stereocenters. The number of H-pyrrole nitrogens is 1. The first kappa shape index (κ1) is 16.3. The van der Waals surface area contributed by atoms with Crippen LogP contribution < -0.4 is 0 Å². The molecular weight excluding hydrogens is 316 g/mol. The van der Waals surface area contributed by atoms with E-state index in [0.29, 0.717) is 23.7 Å². The van der Waals surface area contributed by atoms with E-state index in [0.717, 1.165) is 37.2 Å². The monoisotopic (exact) mass is 340 g/mol. The standard InChI is InChI=1S/C19H24N4O2/c24-12-10-16-3-1-2-11-23(16)19(25)15-8-6-14(7-9-15)18-20-17(21-22-18)13-4-5-13/h6-9,13,16,24H,1-5,10-12H2,(H,20,21,22). The highest BCUT2D eigenvalue weighted by molar-refractivity contribution is 5.94. The van der Waals surface area contributed by atoms with Gasteiger partial charge in [0, 0.05) is 36.2 Å². The Kier molecular flexibility index (Phi) is 4.53. The van der Waals surface area contributed by atoms with Crippen molar-refractivity contribution >= 4 is 5.91 Å². The number of hydrogen-bond acceptors (Lipinski definition) is 4. The molecule has 2 heterocycles. The van der Waals surface area contributed by atoms with Crippen molar-refractivity contribution in [1.82, 2.24) is 20.1 Å². The smallest absolute Gasteiger partial charge is 0.254 e. The first-order valence-corrected chi connectivity index (χ1v) is 9.21. The van der Waals surface area contributed by atoms with E-state index in [1.807, 2.05) is 29.2 Å². The molecule has 0 radical (unpaired) electrons. The van der Waals surface area contributed by atoms with Crippen LogP contribution in [0.25, 0.3) is 11.4 Å². The molecule has 1 amide bonds. The van der Waals surface area contributed by atoms with E-state index in [1.54, 1.807) is 0 Å². The van der Waals surface area contributed by atoms with E-state index >= 15 is 0 Å². The fraction of sp³-hybridized carbons (Fsp3) is 0.526. The highest BCUT2D eigenvalue weighted by Crippen LogP contribution is 2.38. The number of nitrogens with one attached hydrogen (secondary N) is 1. The van der Waals surface area contributed by atoms with Crippen molar-refractivity contribution in [3.8, 4) is 11.4 Å². The quantitative estimate of drug-likeness (QED) is 0.877. The van der Waals surface area contributed by atoms with Crippen LogP contribution in [0.3, 0.4) is 0 Å². The summed E-state index contributed by atoms with van der Waals surface area (Å²) in [5.41, 5.74) is 1.61. The zero-order chi connectivity index (χ0) is 17.2. The minimum atomic E-state index is 0.0540. The van der Waals surface area contributed by atoms with Crippen LogP contribution in [0.5, 0.6) is 0 Å². The summed E-state index contributed by atoms with van der Waals surface area (Å²) in [6, 6.07) is 7.70. The summed E-state index contributed by atoms with van der Waals surface area (Å²) in [5.74, 6) is 2.26. The fourth-order valence-electron chi connectivity index (χ4n) is 3.59. The number of benzene rings is 1. The Morgan fingerprint density at radius 2 is 2.00 bits per heavy atom. The molecular formula is C19H24N4O2. The lowest BCUT2D eigenvalue weighted by atomic mass is 9.98. The number of amides is 1. The van der Waals surface area contributed by atoms with Crippen molar-refractivity contribution in [2.75, 3.05) is 13.2 Å². The Balaban J connectivity index is 1.49. The molecule has 25 heavy (non-hydrogen) atoms. The van der Waals surface area contributed by atoms with Crippen molar-refractivity contribution < 1.29 is 9.90 Å². The number of aliphatic hydroxyl groups excluding tert-OH is 1. The number of nitrogens with zero attached hydrogens (tertiary/aromatic N) is 3. The zero-order valence-corrected chi connectivity index (χ0v) is 14.3. The molecule has 4 rings (SSSR count). The van der Waals surface area contributed by atoms with Gasteiger partial charge in [-0.2, -0.15) is 5.10 Å². The Hall–Kier alpha value is -2.21. The number of aromatic amines is 1. The second-order valence-corrected chi connectivity index (χ2v) is 7.06. The minimum absolute atomic E-state index is 0.0540. The maximum Gasteiger partial charge on any atom is 0.254 e. The fourth-order valence-corrected chi connectivity index (χ4v) is 3.59. The SMILES string of the molecule is O=C(c1ccc(-c2n[nH]c(C3CC3)n2)cc1)N1CCCCC1CCO. The Morgan fingerprint density at radius 3 is 2.72 bits per heavy atom. The third kappa shape index (κ3) is 3.44. The summed E-state index contributed by atoms with van der Waals surface area (Å²) in [5, 5.41) is 16.5. The molecule has 1 aliphatic heterocycles. The van der Waals surface area contributed by atoms with Gasteiger partial charge < -0.3 is 10.0 Å². The lowest BCUT2D eigenvalue weighted by molar-refractivity contribution is 0.0574. The number of likely N-dealkylation sites (tertiary alicyclic amines) is 1. The molecule has 2 N–H and O–H groups in total. The predicted octanol–water partition coefficient (Wildman–Crippen LogP) is 2.73. The molecule has 132 valence electrons. The maximum absolute atomic E-state index is 12.8. The summed E-state index contributed by atoms with van der Waals surface area (Å²) in [4.78, 5) is 19.3. The van der Waals surface area contributed by atoms with Gasteiger partial charge in [0.05, 0.1) is 0 Å². The molecule has 1 unspecified atom stereocenters. The van der Waals surface area contributed by atoms with Crippen molar-refractivity contribution in [2.45, 2.75) is 50.5 Å². The van der Waals surface area contributed by atoms with Crippen LogP contribution >= 0.6 is 0 Å². The number of aliphatic hydroxyl groups is 1. The molecule has 1 aromatic heterocycles. The van der Waals surface area contributed by atoms with Crippen LogP contribution in [0.1, 0.15) is 60.6 Å². The molecule has 1 aromatic carbocycles. The maximum atomic E-state index is 12.8. The molecule has 1 saturated heterocycles.